The molecule has 0 saturated carbocycles. The highest BCUT2D eigenvalue weighted by atomic mass is 16.2. The lowest BCUT2D eigenvalue weighted by Gasteiger charge is -2.05. The normalized spacial score (nSPS) is 15.0. The molecule has 0 spiro atoms. The molecule has 1 aromatic carbocycles. The molecule has 0 aliphatic carbocycles. The molecule has 1 aliphatic rings. The van der Waals surface area contributed by atoms with Gasteiger partial charge < -0.3 is 5.32 Å². The fourth-order valence-corrected chi connectivity index (χ4v) is 1.78. The second kappa shape index (κ2) is 5.52. The highest BCUT2D eigenvalue weighted by Gasteiger charge is 2.27. The number of benzene rings is 1. The lowest BCUT2D eigenvalue weighted by Crippen LogP contribution is -2.20. The molecule has 0 saturated heterocycles. The smallest absolute Gasteiger partial charge is 0.307 e. The number of nitrogens with one attached hydrogen (secondary N) is 1. The van der Waals surface area contributed by atoms with Crippen LogP contribution in [0.15, 0.2) is 47.8 Å². The van der Waals surface area contributed by atoms with Gasteiger partial charge in [0, 0.05) is 0 Å². The van der Waals surface area contributed by atoms with Crippen LogP contribution in [0.3, 0.4) is 0 Å². The van der Waals surface area contributed by atoms with Crippen LogP contribution in [-0.4, -0.2) is 11.8 Å². The maximum absolute atomic E-state index is 12.0. The van der Waals surface area contributed by atoms with Gasteiger partial charge in [-0.3, -0.25) is 4.79 Å². The van der Waals surface area contributed by atoms with Gasteiger partial charge in [-0.2, -0.15) is 5.32 Å². The van der Waals surface area contributed by atoms with E-state index in [9.17, 15) is 9.59 Å². The molecule has 1 heterocycles. The SMILES string of the molecule is CC(C)C1=C(C(=O)C=Cc2ccccc2)[N]C(=O)N1. The molecule has 1 aliphatic heterocycles. The van der Waals surface area contributed by atoms with Crippen molar-refractivity contribution in [2.24, 2.45) is 5.92 Å². The Bertz CT molecular complexity index is 557. The number of urea groups is 1. The Kier molecular flexibility index (Phi) is 3.80. The lowest BCUT2D eigenvalue weighted by atomic mass is 10.1. The molecule has 4 heteroatoms. The summed E-state index contributed by atoms with van der Waals surface area (Å²) in [5.74, 6) is -0.204. The molecule has 19 heavy (non-hydrogen) atoms. The molecule has 0 bridgehead atoms. The molecule has 0 atom stereocenters. The van der Waals surface area contributed by atoms with E-state index in [1.54, 1.807) is 6.08 Å². The van der Waals surface area contributed by atoms with E-state index in [1.807, 2.05) is 44.2 Å². The van der Waals surface area contributed by atoms with Crippen molar-refractivity contribution < 1.29 is 9.59 Å². The van der Waals surface area contributed by atoms with E-state index in [-0.39, 0.29) is 17.4 Å². The molecule has 2 amide bonds. The first-order valence-electron chi connectivity index (χ1n) is 6.12. The number of carbonyl (C=O) groups is 2. The maximum Gasteiger partial charge on any atom is 0.345 e. The van der Waals surface area contributed by atoms with Crippen molar-refractivity contribution in [1.29, 1.82) is 0 Å². The molecular weight excluding hydrogens is 240 g/mol. The zero-order valence-electron chi connectivity index (χ0n) is 10.9. The molecule has 1 N–H and O–H groups in total. The Hall–Kier alpha value is -2.36. The predicted octanol–water partition coefficient (Wildman–Crippen LogP) is 2.46. The van der Waals surface area contributed by atoms with Crippen LogP contribution in [0, 0.1) is 5.92 Å². The van der Waals surface area contributed by atoms with E-state index >= 15 is 0 Å². The lowest BCUT2D eigenvalue weighted by molar-refractivity contribution is -0.111. The third-order valence-electron chi connectivity index (χ3n) is 2.75. The van der Waals surface area contributed by atoms with Crippen LogP contribution >= 0.6 is 0 Å². The summed E-state index contributed by atoms with van der Waals surface area (Å²) in [5.41, 5.74) is 1.74. The maximum atomic E-state index is 12.0. The van der Waals surface area contributed by atoms with Crippen molar-refractivity contribution in [3.63, 3.8) is 0 Å². The molecular formula is C15H15N2O2. The summed E-state index contributed by atoms with van der Waals surface area (Å²) in [4.78, 5) is 23.3. The van der Waals surface area contributed by atoms with Crippen LogP contribution in [0.2, 0.25) is 0 Å². The first-order chi connectivity index (χ1) is 9.08. The number of ketones is 1. The van der Waals surface area contributed by atoms with Gasteiger partial charge in [0.15, 0.2) is 0 Å². The number of carbonyl (C=O) groups excluding carboxylic acids is 2. The standard InChI is InChI=1S/C15H15N2O2/c1-10(2)13-14(17-15(19)16-13)12(18)9-8-11-6-4-3-5-7-11/h3-10H,1-2H3,(H,16,19). The van der Waals surface area contributed by atoms with Crippen LogP contribution in [0.5, 0.6) is 0 Å². The number of hydrogen-bond donors (Lipinski definition) is 1. The van der Waals surface area contributed by atoms with Crippen LogP contribution in [-0.2, 0) is 4.79 Å². The summed E-state index contributed by atoms with van der Waals surface area (Å²) in [5, 5.41) is 6.33. The Morgan fingerprint density at radius 2 is 1.95 bits per heavy atom. The molecule has 97 valence electrons. The number of nitrogens with zero attached hydrogens (tertiary/aromatic N) is 1. The van der Waals surface area contributed by atoms with Gasteiger partial charge >= 0.3 is 6.03 Å². The summed E-state index contributed by atoms with van der Waals surface area (Å²) in [6, 6.07) is 9.03. The summed E-state index contributed by atoms with van der Waals surface area (Å²) in [6.07, 6.45) is 3.16. The summed E-state index contributed by atoms with van der Waals surface area (Å²) in [6.45, 7) is 3.81. The fraction of sp³-hybridized carbons (Fsp3) is 0.200. The fourth-order valence-electron chi connectivity index (χ4n) is 1.78. The average molecular weight is 255 g/mol. The highest BCUT2D eigenvalue weighted by Crippen LogP contribution is 2.17. The van der Waals surface area contributed by atoms with Gasteiger partial charge in [-0.25, -0.2) is 4.79 Å². The van der Waals surface area contributed by atoms with E-state index in [0.29, 0.717) is 5.70 Å². The molecule has 1 aromatic rings. The van der Waals surface area contributed by atoms with Crippen molar-refractivity contribution in [3.8, 4) is 0 Å². The molecule has 0 unspecified atom stereocenters. The van der Waals surface area contributed by atoms with Gasteiger partial charge in [-0.15, -0.1) is 0 Å². The largest absolute Gasteiger partial charge is 0.345 e. The average Bonchev–Trinajstić information content (AvgIpc) is 2.79. The van der Waals surface area contributed by atoms with Crippen molar-refractivity contribution in [3.05, 3.63) is 53.4 Å². The van der Waals surface area contributed by atoms with Gasteiger partial charge in [-0.1, -0.05) is 50.3 Å². The quantitative estimate of drug-likeness (QED) is 0.840. The minimum atomic E-state index is -0.472. The summed E-state index contributed by atoms with van der Waals surface area (Å²) < 4.78 is 0. The summed E-state index contributed by atoms with van der Waals surface area (Å²) in [7, 11) is 0. The van der Waals surface area contributed by atoms with Crippen LogP contribution in [0.1, 0.15) is 19.4 Å². The van der Waals surface area contributed by atoms with Gasteiger partial charge in [0.1, 0.15) is 5.70 Å². The van der Waals surface area contributed by atoms with Crippen LogP contribution in [0.4, 0.5) is 4.79 Å². The third kappa shape index (κ3) is 3.10. The monoisotopic (exact) mass is 255 g/mol. The number of hydrogen-bond acceptors (Lipinski definition) is 2. The minimum Gasteiger partial charge on any atom is -0.307 e. The van der Waals surface area contributed by atoms with Crippen molar-refractivity contribution in [2.75, 3.05) is 0 Å². The number of rotatable bonds is 4. The van der Waals surface area contributed by atoms with E-state index in [4.69, 9.17) is 0 Å². The second-order valence-corrected chi connectivity index (χ2v) is 4.57. The van der Waals surface area contributed by atoms with Crippen molar-refractivity contribution in [1.82, 2.24) is 10.6 Å². The van der Waals surface area contributed by atoms with E-state index in [1.165, 1.54) is 6.08 Å². The first-order valence-corrected chi connectivity index (χ1v) is 6.12. The Labute approximate surface area is 112 Å². The summed E-state index contributed by atoms with van der Waals surface area (Å²) >= 11 is 0. The number of allylic oxidation sites excluding steroid dienone is 2. The molecule has 0 fully saturated rings. The van der Waals surface area contributed by atoms with E-state index < -0.39 is 6.03 Å². The molecule has 0 aromatic heterocycles. The van der Waals surface area contributed by atoms with Gasteiger partial charge in [0.05, 0.1) is 5.70 Å². The Balaban J connectivity index is 2.18. The third-order valence-corrected chi connectivity index (χ3v) is 2.75. The van der Waals surface area contributed by atoms with Crippen LogP contribution < -0.4 is 10.6 Å². The molecule has 1 radical (unpaired) electrons. The van der Waals surface area contributed by atoms with E-state index in [2.05, 4.69) is 10.6 Å². The van der Waals surface area contributed by atoms with Gasteiger partial charge in [0.25, 0.3) is 0 Å². The zero-order chi connectivity index (χ0) is 13.8. The zero-order valence-corrected chi connectivity index (χ0v) is 10.9. The van der Waals surface area contributed by atoms with Crippen LogP contribution in [0.25, 0.3) is 6.08 Å². The topological polar surface area (TPSA) is 60.3 Å². The Morgan fingerprint density at radius 3 is 2.58 bits per heavy atom. The van der Waals surface area contributed by atoms with E-state index in [0.717, 1.165) is 5.56 Å². The van der Waals surface area contributed by atoms with Crippen molar-refractivity contribution in [2.45, 2.75) is 13.8 Å². The predicted molar refractivity (Wildman–Crippen MR) is 73.0 cm³/mol. The van der Waals surface area contributed by atoms with Gasteiger partial charge in [0.2, 0.25) is 5.78 Å². The Morgan fingerprint density at radius 1 is 1.26 bits per heavy atom. The highest BCUT2D eigenvalue weighted by molar-refractivity contribution is 6.10. The number of amides is 2. The molecule has 2 rings (SSSR count). The van der Waals surface area contributed by atoms with Gasteiger partial charge in [-0.05, 0) is 17.6 Å². The molecule has 4 nitrogen and oxygen atoms in total. The minimum absolute atomic E-state index is 0.0549. The second-order valence-electron chi connectivity index (χ2n) is 4.57. The first kappa shape index (κ1) is 13.1. The van der Waals surface area contributed by atoms with Crippen molar-refractivity contribution >= 4 is 17.9 Å².